The summed E-state index contributed by atoms with van der Waals surface area (Å²) in [6, 6.07) is 0. The van der Waals surface area contributed by atoms with Crippen LogP contribution in [-0.2, 0) is 4.79 Å². The van der Waals surface area contributed by atoms with Gasteiger partial charge < -0.3 is 10.8 Å². The monoisotopic (exact) mass is 169 g/mol. The number of carbonyl (C=O) groups excluding carboxylic acids is 1. The van der Waals surface area contributed by atoms with Gasteiger partial charge in [0.1, 0.15) is 5.41 Å². The zero-order chi connectivity index (χ0) is 9.61. The van der Waals surface area contributed by atoms with Crippen molar-refractivity contribution in [3.63, 3.8) is 0 Å². The highest BCUT2D eigenvalue weighted by molar-refractivity contribution is 5.85. The fourth-order valence-corrected chi connectivity index (χ4v) is 0.998. The summed E-state index contributed by atoms with van der Waals surface area (Å²) in [5.74, 6) is -0.541. The van der Waals surface area contributed by atoms with Crippen LogP contribution in [-0.4, -0.2) is 17.6 Å². The van der Waals surface area contributed by atoms with Gasteiger partial charge in [0, 0.05) is 0 Å². The van der Waals surface area contributed by atoms with Gasteiger partial charge >= 0.3 is 0 Å². The average Bonchev–Trinajstić information content (AvgIpc) is 2.03. The lowest BCUT2D eigenvalue weighted by Gasteiger charge is -2.19. The number of nitrogens with two attached hydrogens (primary N) is 1. The molecule has 0 spiro atoms. The number of aliphatic hydroxyl groups is 1. The summed E-state index contributed by atoms with van der Waals surface area (Å²) in [6.45, 7) is 3.25. The number of allylic oxidation sites excluding steroid dienone is 2. The van der Waals surface area contributed by atoms with Crippen LogP contribution in [0.2, 0.25) is 0 Å². The summed E-state index contributed by atoms with van der Waals surface area (Å²) in [5, 5.41) is 9.01. The standard InChI is InChI=1S/C9H15NO2/c1-3-5-9(7-11,6-4-2)8(10)12/h3-6,11H,7H2,1-2H3,(H2,10,12). The summed E-state index contributed by atoms with van der Waals surface area (Å²) in [7, 11) is 0. The SMILES string of the molecule is CC=CC(C=CC)(CO)C(N)=O. The van der Waals surface area contributed by atoms with Crippen molar-refractivity contribution >= 4 is 5.91 Å². The summed E-state index contributed by atoms with van der Waals surface area (Å²) in [6.07, 6.45) is 6.58. The van der Waals surface area contributed by atoms with Crippen molar-refractivity contribution in [1.82, 2.24) is 0 Å². The number of aliphatic hydroxyl groups excluding tert-OH is 1. The van der Waals surface area contributed by atoms with E-state index in [9.17, 15) is 4.79 Å². The molecule has 0 aromatic rings. The summed E-state index contributed by atoms with van der Waals surface area (Å²) in [5.41, 5.74) is 4.13. The summed E-state index contributed by atoms with van der Waals surface area (Å²) >= 11 is 0. The molecule has 0 heterocycles. The van der Waals surface area contributed by atoms with Crippen LogP contribution in [0, 0.1) is 5.41 Å². The van der Waals surface area contributed by atoms with Crippen molar-refractivity contribution in [2.75, 3.05) is 6.61 Å². The highest BCUT2D eigenvalue weighted by atomic mass is 16.3. The van der Waals surface area contributed by atoms with Crippen LogP contribution >= 0.6 is 0 Å². The van der Waals surface area contributed by atoms with Crippen molar-refractivity contribution in [2.45, 2.75) is 13.8 Å². The maximum Gasteiger partial charge on any atom is 0.233 e. The number of amides is 1. The molecule has 3 N–H and O–H groups in total. The van der Waals surface area contributed by atoms with Gasteiger partial charge in [-0.2, -0.15) is 0 Å². The van der Waals surface area contributed by atoms with Crippen molar-refractivity contribution in [3.05, 3.63) is 24.3 Å². The third-order valence-electron chi connectivity index (χ3n) is 1.65. The Bertz CT molecular complexity index is 195. The molecular weight excluding hydrogens is 154 g/mol. The van der Waals surface area contributed by atoms with Gasteiger partial charge in [-0.3, -0.25) is 4.79 Å². The molecule has 0 aliphatic heterocycles. The molecule has 0 aromatic carbocycles. The van der Waals surface area contributed by atoms with Crippen LogP contribution in [0.1, 0.15) is 13.8 Å². The maximum atomic E-state index is 11.0. The van der Waals surface area contributed by atoms with Crippen molar-refractivity contribution in [3.8, 4) is 0 Å². The van der Waals surface area contributed by atoms with E-state index in [0.29, 0.717) is 0 Å². The molecule has 1 amide bonds. The fraction of sp³-hybridized carbons (Fsp3) is 0.444. The second-order valence-electron chi connectivity index (χ2n) is 2.56. The van der Waals surface area contributed by atoms with Crippen LogP contribution in [0.25, 0.3) is 0 Å². The van der Waals surface area contributed by atoms with E-state index in [1.54, 1.807) is 38.2 Å². The van der Waals surface area contributed by atoms with Gasteiger partial charge in [0.05, 0.1) is 6.61 Å². The van der Waals surface area contributed by atoms with Gasteiger partial charge in [-0.1, -0.05) is 24.3 Å². The van der Waals surface area contributed by atoms with Crippen LogP contribution < -0.4 is 5.73 Å². The van der Waals surface area contributed by atoms with Gasteiger partial charge in [-0.25, -0.2) is 0 Å². The topological polar surface area (TPSA) is 63.3 Å². The van der Waals surface area contributed by atoms with Gasteiger partial charge in [0.15, 0.2) is 0 Å². The molecule has 0 bridgehead atoms. The lowest BCUT2D eigenvalue weighted by molar-refractivity contribution is -0.124. The predicted molar refractivity (Wildman–Crippen MR) is 48.3 cm³/mol. The van der Waals surface area contributed by atoms with E-state index in [-0.39, 0.29) is 6.61 Å². The van der Waals surface area contributed by atoms with Crippen LogP contribution in [0.3, 0.4) is 0 Å². The normalized spacial score (nSPS) is 16.9. The minimum Gasteiger partial charge on any atom is -0.395 e. The molecule has 3 nitrogen and oxygen atoms in total. The first kappa shape index (κ1) is 10.9. The Labute approximate surface area is 72.6 Å². The average molecular weight is 169 g/mol. The number of rotatable bonds is 4. The quantitative estimate of drug-likeness (QED) is 0.605. The molecule has 0 aromatic heterocycles. The number of hydrogen-bond donors (Lipinski definition) is 2. The molecule has 0 saturated heterocycles. The molecule has 0 fully saturated rings. The molecule has 0 rings (SSSR count). The minimum atomic E-state index is -1.02. The van der Waals surface area contributed by atoms with Crippen LogP contribution in [0.15, 0.2) is 24.3 Å². The highest BCUT2D eigenvalue weighted by Crippen LogP contribution is 2.19. The lowest BCUT2D eigenvalue weighted by Crippen LogP contribution is -2.36. The third kappa shape index (κ3) is 2.20. The fourth-order valence-electron chi connectivity index (χ4n) is 0.998. The van der Waals surface area contributed by atoms with Gasteiger partial charge in [-0.05, 0) is 13.8 Å². The third-order valence-corrected chi connectivity index (χ3v) is 1.65. The molecule has 12 heavy (non-hydrogen) atoms. The smallest absolute Gasteiger partial charge is 0.233 e. The van der Waals surface area contributed by atoms with Crippen molar-refractivity contribution in [2.24, 2.45) is 11.1 Å². The van der Waals surface area contributed by atoms with Gasteiger partial charge in [0.25, 0.3) is 0 Å². The molecular formula is C9H15NO2. The van der Waals surface area contributed by atoms with E-state index < -0.39 is 11.3 Å². The predicted octanol–water partition coefficient (Wildman–Crippen LogP) is 0.603. The first-order valence-corrected chi connectivity index (χ1v) is 3.81. The Morgan fingerprint density at radius 2 is 1.83 bits per heavy atom. The van der Waals surface area contributed by atoms with E-state index in [2.05, 4.69) is 0 Å². The Hall–Kier alpha value is -1.09. The van der Waals surface area contributed by atoms with Gasteiger partial charge in [-0.15, -0.1) is 0 Å². The van der Waals surface area contributed by atoms with E-state index in [1.165, 1.54) is 0 Å². The first-order valence-electron chi connectivity index (χ1n) is 3.81. The number of primary amides is 1. The minimum absolute atomic E-state index is 0.295. The largest absolute Gasteiger partial charge is 0.395 e. The zero-order valence-corrected chi connectivity index (χ0v) is 7.45. The second-order valence-corrected chi connectivity index (χ2v) is 2.56. The molecule has 0 aliphatic carbocycles. The van der Waals surface area contributed by atoms with E-state index in [0.717, 1.165) is 0 Å². The van der Waals surface area contributed by atoms with Crippen LogP contribution in [0.5, 0.6) is 0 Å². The molecule has 0 radical (unpaired) electrons. The Morgan fingerprint density at radius 3 is 2.00 bits per heavy atom. The molecule has 3 heteroatoms. The molecule has 68 valence electrons. The zero-order valence-electron chi connectivity index (χ0n) is 7.45. The Morgan fingerprint density at radius 1 is 1.42 bits per heavy atom. The van der Waals surface area contributed by atoms with E-state index in [4.69, 9.17) is 10.8 Å². The number of hydrogen-bond acceptors (Lipinski definition) is 2. The summed E-state index contributed by atoms with van der Waals surface area (Å²) in [4.78, 5) is 11.0. The first-order chi connectivity index (χ1) is 5.63. The summed E-state index contributed by atoms with van der Waals surface area (Å²) < 4.78 is 0. The van der Waals surface area contributed by atoms with Crippen molar-refractivity contribution in [1.29, 1.82) is 0 Å². The lowest BCUT2D eigenvalue weighted by atomic mass is 9.87. The molecule has 0 atom stereocenters. The Balaban J connectivity index is 4.88. The second kappa shape index (κ2) is 4.72. The van der Waals surface area contributed by atoms with E-state index >= 15 is 0 Å². The maximum absolute atomic E-state index is 11.0. The van der Waals surface area contributed by atoms with Crippen LogP contribution in [0.4, 0.5) is 0 Å². The van der Waals surface area contributed by atoms with Crippen molar-refractivity contribution < 1.29 is 9.90 Å². The van der Waals surface area contributed by atoms with E-state index in [1.807, 2.05) is 0 Å². The van der Waals surface area contributed by atoms with Gasteiger partial charge in [0.2, 0.25) is 5.91 Å². The molecule has 0 unspecified atom stereocenters. The highest BCUT2D eigenvalue weighted by Gasteiger charge is 2.29. The Kier molecular flexibility index (Phi) is 4.29. The number of carbonyl (C=O) groups is 1. The molecule has 0 saturated carbocycles. The molecule has 0 aliphatic rings.